The molecule has 0 saturated heterocycles. The predicted octanol–water partition coefficient (Wildman–Crippen LogP) is 2.43. The standard InChI is InChI=1S/C16H20N2O2S/c1-3-13-10-17-16(21-13)15(20)18-11(2)14(19)9-12-7-5-4-6-8-12/h4-8,10-11,14,19H,3,9H2,1-2H3,(H,18,20)/t11-,14+/m0/s1. The number of aryl methyl sites for hydroxylation is 1. The van der Waals surface area contributed by atoms with E-state index in [0.717, 1.165) is 16.9 Å². The predicted molar refractivity (Wildman–Crippen MR) is 84.6 cm³/mol. The highest BCUT2D eigenvalue weighted by Crippen LogP contribution is 2.14. The fraction of sp³-hybridized carbons (Fsp3) is 0.375. The minimum Gasteiger partial charge on any atom is -0.391 e. The number of amides is 1. The molecule has 4 nitrogen and oxygen atoms in total. The summed E-state index contributed by atoms with van der Waals surface area (Å²) in [7, 11) is 0. The number of carbonyl (C=O) groups is 1. The minimum atomic E-state index is -0.623. The second kappa shape index (κ2) is 7.33. The van der Waals surface area contributed by atoms with E-state index in [2.05, 4.69) is 10.3 Å². The molecule has 0 bridgehead atoms. The van der Waals surface area contributed by atoms with Crippen LogP contribution in [-0.2, 0) is 12.8 Å². The third-order valence-corrected chi connectivity index (χ3v) is 4.46. The third-order valence-electron chi connectivity index (χ3n) is 3.32. The SMILES string of the molecule is CCc1cnc(C(=O)N[C@@H](C)[C@H](O)Cc2ccccc2)s1. The van der Waals surface area contributed by atoms with E-state index < -0.39 is 6.10 Å². The number of aromatic nitrogens is 1. The van der Waals surface area contributed by atoms with Gasteiger partial charge in [-0.2, -0.15) is 0 Å². The molecule has 0 aliphatic carbocycles. The van der Waals surface area contributed by atoms with Gasteiger partial charge in [-0.1, -0.05) is 37.3 Å². The number of aliphatic hydroxyl groups is 1. The summed E-state index contributed by atoms with van der Waals surface area (Å²) < 4.78 is 0. The molecule has 1 heterocycles. The van der Waals surface area contributed by atoms with Crippen molar-refractivity contribution in [1.29, 1.82) is 0 Å². The second-order valence-electron chi connectivity index (χ2n) is 5.00. The lowest BCUT2D eigenvalue weighted by atomic mass is 10.0. The molecule has 5 heteroatoms. The number of nitrogens with zero attached hydrogens (tertiary/aromatic N) is 1. The van der Waals surface area contributed by atoms with Crippen LogP contribution in [-0.4, -0.2) is 28.1 Å². The first kappa shape index (κ1) is 15.7. The van der Waals surface area contributed by atoms with E-state index in [0.29, 0.717) is 11.4 Å². The summed E-state index contributed by atoms with van der Waals surface area (Å²) in [6.45, 7) is 3.83. The van der Waals surface area contributed by atoms with Crippen molar-refractivity contribution in [3.05, 3.63) is 52.0 Å². The van der Waals surface area contributed by atoms with Crippen LogP contribution in [0.2, 0.25) is 0 Å². The molecule has 2 rings (SSSR count). The molecule has 1 aromatic carbocycles. The fourth-order valence-electron chi connectivity index (χ4n) is 1.97. The zero-order chi connectivity index (χ0) is 15.2. The lowest BCUT2D eigenvalue weighted by Crippen LogP contribution is -2.42. The Morgan fingerprint density at radius 1 is 1.38 bits per heavy atom. The number of hydrogen-bond acceptors (Lipinski definition) is 4. The van der Waals surface area contributed by atoms with Gasteiger partial charge >= 0.3 is 0 Å². The van der Waals surface area contributed by atoms with Crippen LogP contribution in [0.15, 0.2) is 36.5 Å². The highest BCUT2D eigenvalue weighted by Gasteiger charge is 2.19. The van der Waals surface area contributed by atoms with Crippen molar-refractivity contribution in [2.45, 2.75) is 38.8 Å². The summed E-state index contributed by atoms with van der Waals surface area (Å²) in [4.78, 5) is 17.3. The van der Waals surface area contributed by atoms with E-state index in [1.807, 2.05) is 37.3 Å². The molecule has 112 valence electrons. The largest absolute Gasteiger partial charge is 0.391 e. The van der Waals surface area contributed by atoms with Crippen LogP contribution in [0.1, 0.15) is 34.1 Å². The molecule has 1 aromatic heterocycles. The average molecular weight is 304 g/mol. The number of hydrogen-bond donors (Lipinski definition) is 2. The van der Waals surface area contributed by atoms with Crippen LogP contribution in [0.25, 0.3) is 0 Å². The molecule has 0 aliphatic heterocycles. The van der Waals surface area contributed by atoms with E-state index in [9.17, 15) is 9.90 Å². The summed E-state index contributed by atoms with van der Waals surface area (Å²) in [5.41, 5.74) is 1.05. The highest BCUT2D eigenvalue weighted by molar-refractivity contribution is 7.13. The maximum atomic E-state index is 12.1. The minimum absolute atomic E-state index is 0.223. The summed E-state index contributed by atoms with van der Waals surface area (Å²) in [6.07, 6.45) is 2.49. The summed E-state index contributed by atoms with van der Waals surface area (Å²) in [5.74, 6) is -0.223. The van der Waals surface area contributed by atoms with Crippen LogP contribution >= 0.6 is 11.3 Å². The number of benzene rings is 1. The molecule has 1 amide bonds. The summed E-state index contributed by atoms with van der Waals surface area (Å²) in [6, 6.07) is 9.42. The van der Waals surface area contributed by atoms with Gasteiger partial charge in [0, 0.05) is 17.5 Å². The third kappa shape index (κ3) is 4.37. The number of aliphatic hydroxyl groups excluding tert-OH is 1. The van der Waals surface area contributed by atoms with Gasteiger partial charge in [-0.05, 0) is 18.9 Å². The molecule has 0 radical (unpaired) electrons. The highest BCUT2D eigenvalue weighted by atomic mass is 32.1. The van der Waals surface area contributed by atoms with Crippen molar-refractivity contribution in [3.63, 3.8) is 0 Å². The Morgan fingerprint density at radius 2 is 2.10 bits per heavy atom. The van der Waals surface area contributed by atoms with Crippen molar-refractivity contribution in [3.8, 4) is 0 Å². The molecule has 0 saturated carbocycles. The number of carbonyl (C=O) groups excluding carboxylic acids is 1. The van der Waals surface area contributed by atoms with Gasteiger partial charge in [0.15, 0.2) is 5.01 Å². The van der Waals surface area contributed by atoms with Gasteiger partial charge in [0.05, 0.1) is 12.1 Å². The van der Waals surface area contributed by atoms with Gasteiger partial charge in [-0.3, -0.25) is 4.79 Å². The maximum absolute atomic E-state index is 12.1. The first-order valence-corrected chi connectivity index (χ1v) is 7.89. The van der Waals surface area contributed by atoms with Gasteiger partial charge in [0.1, 0.15) is 0 Å². The van der Waals surface area contributed by atoms with Crippen molar-refractivity contribution in [2.75, 3.05) is 0 Å². The fourth-order valence-corrected chi connectivity index (χ4v) is 2.73. The average Bonchev–Trinajstić information content (AvgIpc) is 2.97. The van der Waals surface area contributed by atoms with Crippen molar-refractivity contribution < 1.29 is 9.90 Å². The van der Waals surface area contributed by atoms with Crippen LogP contribution < -0.4 is 5.32 Å². The topological polar surface area (TPSA) is 62.2 Å². The Balaban J connectivity index is 1.91. The van der Waals surface area contributed by atoms with Gasteiger partial charge < -0.3 is 10.4 Å². The van der Waals surface area contributed by atoms with Crippen molar-refractivity contribution >= 4 is 17.2 Å². The Labute approximate surface area is 128 Å². The molecule has 2 N–H and O–H groups in total. The number of rotatable bonds is 6. The second-order valence-corrected chi connectivity index (χ2v) is 6.12. The summed E-state index contributed by atoms with van der Waals surface area (Å²) in [5, 5.41) is 13.4. The molecule has 2 aromatic rings. The van der Waals surface area contributed by atoms with E-state index in [4.69, 9.17) is 0 Å². The van der Waals surface area contributed by atoms with Gasteiger partial charge in [0.2, 0.25) is 0 Å². The molecule has 0 unspecified atom stereocenters. The molecule has 2 atom stereocenters. The zero-order valence-corrected chi connectivity index (χ0v) is 13.1. The molecule has 0 fully saturated rings. The first-order chi connectivity index (χ1) is 10.1. The van der Waals surface area contributed by atoms with E-state index in [1.165, 1.54) is 11.3 Å². The lowest BCUT2D eigenvalue weighted by Gasteiger charge is -2.19. The molecular formula is C16H20N2O2S. The maximum Gasteiger partial charge on any atom is 0.280 e. The monoisotopic (exact) mass is 304 g/mol. The normalized spacial score (nSPS) is 13.7. The smallest absolute Gasteiger partial charge is 0.280 e. The van der Waals surface area contributed by atoms with E-state index >= 15 is 0 Å². The Bertz CT molecular complexity index is 583. The quantitative estimate of drug-likeness (QED) is 0.861. The Hall–Kier alpha value is -1.72. The first-order valence-electron chi connectivity index (χ1n) is 7.07. The molecule has 0 aliphatic rings. The molecular weight excluding hydrogens is 284 g/mol. The van der Waals surface area contributed by atoms with Crippen LogP contribution in [0, 0.1) is 0 Å². The Kier molecular flexibility index (Phi) is 5.47. The summed E-state index contributed by atoms with van der Waals surface area (Å²) >= 11 is 1.39. The van der Waals surface area contributed by atoms with Gasteiger partial charge in [0.25, 0.3) is 5.91 Å². The van der Waals surface area contributed by atoms with Gasteiger partial charge in [-0.25, -0.2) is 4.98 Å². The van der Waals surface area contributed by atoms with Crippen LogP contribution in [0.4, 0.5) is 0 Å². The van der Waals surface area contributed by atoms with Crippen molar-refractivity contribution in [2.24, 2.45) is 0 Å². The molecule has 21 heavy (non-hydrogen) atoms. The van der Waals surface area contributed by atoms with Crippen LogP contribution in [0.5, 0.6) is 0 Å². The van der Waals surface area contributed by atoms with Crippen LogP contribution in [0.3, 0.4) is 0 Å². The zero-order valence-electron chi connectivity index (χ0n) is 12.2. The number of thiazole rings is 1. The van der Waals surface area contributed by atoms with Crippen molar-refractivity contribution in [1.82, 2.24) is 10.3 Å². The number of nitrogens with one attached hydrogen (secondary N) is 1. The Morgan fingerprint density at radius 3 is 2.71 bits per heavy atom. The van der Waals surface area contributed by atoms with Gasteiger partial charge in [-0.15, -0.1) is 11.3 Å². The lowest BCUT2D eigenvalue weighted by molar-refractivity contribution is 0.0851. The molecule has 0 spiro atoms. The van der Waals surface area contributed by atoms with E-state index in [-0.39, 0.29) is 11.9 Å². The van der Waals surface area contributed by atoms with E-state index in [1.54, 1.807) is 13.1 Å².